The lowest BCUT2D eigenvalue weighted by Crippen LogP contribution is -2.57. The Morgan fingerprint density at radius 1 is 1.38 bits per heavy atom. The molecule has 4 nitrogen and oxygen atoms in total. The van der Waals surface area contributed by atoms with E-state index in [2.05, 4.69) is 5.32 Å². The average molecular weight is 218 g/mol. The molecule has 0 saturated carbocycles. The Kier molecular flexibility index (Phi) is 2.64. The molecule has 1 N–H and O–H groups in total. The van der Waals surface area contributed by atoms with Crippen LogP contribution < -0.4 is 10.2 Å². The van der Waals surface area contributed by atoms with Crippen LogP contribution in [0.5, 0.6) is 0 Å². The zero-order valence-corrected chi connectivity index (χ0v) is 9.36. The Morgan fingerprint density at radius 2 is 2.12 bits per heavy atom. The van der Waals surface area contributed by atoms with E-state index in [0.29, 0.717) is 0 Å². The third-order valence-corrected chi connectivity index (χ3v) is 2.63. The van der Waals surface area contributed by atoms with Crippen LogP contribution in [0.15, 0.2) is 24.3 Å². The Bertz CT molecular complexity index is 442. The van der Waals surface area contributed by atoms with E-state index in [4.69, 9.17) is 0 Å². The molecule has 1 fully saturated rings. The van der Waals surface area contributed by atoms with E-state index in [1.807, 2.05) is 31.2 Å². The minimum atomic E-state index is -0.443. The number of rotatable bonds is 1. The third-order valence-electron chi connectivity index (χ3n) is 2.63. The average Bonchev–Trinajstić information content (AvgIpc) is 2.23. The topological polar surface area (TPSA) is 49.4 Å². The summed E-state index contributed by atoms with van der Waals surface area (Å²) in [5.41, 5.74) is 1.86. The standard InChI is InChI=1S/C12H14N2O2/c1-8-4-3-5-10(6-8)14-7-11(15)13-9(2)12(14)16/h3-6,9H,7H2,1-2H3,(H,13,15). The van der Waals surface area contributed by atoms with Gasteiger partial charge in [-0.1, -0.05) is 12.1 Å². The lowest BCUT2D eigenvalue weighted by atomic mass is 10.1. The Labute approximate surface area is 94.2 Å². The molecular formula is C12H14N2O2. The van der Waals surface area contributed by atoms with Gasteiger partial charge in [0.15, 0.2) is 0 Å². The summed E-state index contributed by atoms with van der Waals surface area (Å²) in [6.07, 6.45) is 0. The highest BCUT2D eigenvalue weighted by molar-refractivity contribution is 6.06. The SMILES string of the molecule is Cc1cccc(N2CC(=O)NC(C)C2=O)c1. The van der Waals surface area contributed by atoms with Gasteiger partial charge in [-0.2, -0.15) is 0 Å². The van der Waals surface area contributed by atoms with Crippen LogP contribution in [0.1, 0.15) is 12.5 Å². The van der Waals surface area contributed by atoms with Gasteiger partial charge in [-0.05, 0) is 31.5 Å². The summed E-state index contributed by atoms with van der Waals surface area (Å²) in [6, 6.07) is 7.15. The van der Waals surface area contributed by atoms with Crippen LogP contribution in [0.2, 0.25) is 0 Å². The number of benzene rings is 1. The number of anilines is 1. The van der Waals surface area contributed by atoms with E-state index in [9.17, 15) is 9.59 Å². The van der Waals surface area contributed by atoms with Gasteiger partial charge in [0, 0.05) is 5.69 Å². The third kappa shape index (κ3) is 1.91. The molecule has 4 heteroatoms. The minimum Gasteiger partial charge on any atom is -0.343 e. The number of nitrogens with one attached hydrogen (secondary N) is 1. The first-order valence-corrected chi connectivity index (χ1v) is 5.25. The number of carbonyl (C=O) groups is 2. The summed E-state index contributed by atoms with van der Waals surface area (Å²) in [6.45, 7) is 3.76. The molecule has 1 unspecified atom stereocenters. The van der Waals surface area contributed by atoms with Gasteiger partial charge < -0.3 is 10.2 Å². The molecule has 1 aromatic rings. The van der Waals surface area contributed by atoms with Gasteiger partial charge in [-0.3, -0.25) is 9.59 Å². The van der Waals surface area contributed by atoms with Crippen LogP contribution in [0, 0.1) is 6.92 Å². The van der Waals surface area contributed by atoms with Crippen LogP contribution in [0.3, 0.4) is 0 Å². The number of amides is 2. The Hall–Kier alpha value is -1.84. The molecular weight excluding hydrogens is 204 g/mol. The van der Waals surface area contributed by atoms with E-state index in [1.165, 1.54) is 4.90 Å². The second-order valence-corrected chi connectivity index (χ2v) is 4.05. The Morgan fingerprint density at radius 3 is 2.81 bits per heavy atom. The largest absolute Gasteiger partial charge is 0.343 e. The highest BCUT2D eigenvalue weighted by Crippen LogP contribution is 2.18. The van der Waals surface area contributed by atoms with E-state index >= 15 is 0 Å². The number of hydrogen-bond acceptors (Lipinski definition) is 2. The van der Waals surface area contributed by atoms with Crippen molar-refractivity contribution in [2.24, 2.45) is 0 Å². The highest BCUT2D eigenvalue weighted by Gasteiger charge is 2.30. The van der Waals surface area contributed by atoms with Crippen molar-refractivity contribution in [2.45, 2.75) is 19.9 Å². The van der Waals surface area contributed by atoms with Crippen molar-refractivity contribution >= 4 is 17.5 Å². The second-order valence-electron chi connectivity index (χ2n) is 4.05. The van der Waals surface area contributed by atoms with Crippen molar-refractivity contribution in [3.63, 3.8) is 0 Å². The fraction of sp³-hybridized carbons (Fsp3) is 0.333. The zero-order valence-electron chi connectivity index (χ0n) is 9.36. The van der Waals surface area contributed by atoms with Crippen molar-refractivity contribution in [1.82, 2.24) is 5.32 Å². The molecule has 0 radical (unpaired) electrons. The molecule has 0 bridgehead atoms. The molecule has 1 aromatic carbocycles. The van der Waals surface area contributed by atoms with Gasteiger partial charge in [0.25, 0.3) is 0 Å². The number of aryl methyl sites for hydroxylation is 1. The van der Waals surface area contributed by atoms with E-state index < -0.39 is 6.04 Å². The summed E-state index contributed by atoms with van der Waals surface area (Å²) < 4.78 is 0. The lowest BCUT2D eigenvalue weighted by Gasteiger charge is -2.30. The van der Waals surface area contributed by atoms with Crippen LogP contribution in [-0.2, 0) is 9.59 Å². The van der Waals surface area contributed by atoms with E-state index in [1.54, 1.807) is 6.92 Å². The molecule has 1 atom stereocenters. The first-order valence-electron chi connectivity index (χ1n) is 5.25. The van der Waals surface area contributed by atoms with Crippen molar-refractivity contribution in [2.75, 3.05) is 11.4 Å². The summed E-state index contributed by atoms with van der Waals surface area (Å²) in [5.74, 6) is -0.182. The summed E-state index contributed by atoms with van der Waals surface area (Å²) in [7, 11) is 0. The second kappa shape index (κ2) is 3.96. The van der Waals surface area contributed by atoms with Crippen LogP contribution >= 0.6 is 0 Å². The van der Waals surface area contributed by atoms with Gasteiger partial charge in [0.2, 0.25) is 11.8 Å². The molecule has 1 saturated heterocycles. The predicted molar refractivity (Wildman–Crippen MR) is 61.1 cm³/mol. The maximum Gasteiger partial charge on any atom is 0.249 e. The van der Waals surface area contributed by atoms with Gasteiger partial charge >= 0.3 is 0 Å². The molecule has 0 aliphatic carbocycles. The van der Waals surface area contributed by atoms with Crippen molar-refractivity contribution in [1.29, 1.82) is 0 Å². The molecule has 1 heterocycles. The van der Waals surface area contributed by atoms with Crippen LogP contribution in [-0.4, -0.2) is 24.4 Å². The van der Waals surface area contributed by atoms with Crippen molar-refractivity contribution < 1.29 is 9.59 Å². The molecule has 2 amide bonds. The van der Waals surface area contributed by atoms with Gasteiger partial charge in [0.05, 0.1) is 0 Å². The Balaban J connectivity index is 2.32. The first-order chi connectivity index (χ1) is 7.58. The quantitative estimate of drug-likeness (QED) is 0.759. The number of carbonyl (C=O) groups excluding carboxylic acids is 2. The van der Waals surface area contributed by atoms with Gasteiger partial charge in [0.1, 0.15) is 12.6 Å². The van der Waals surface area contributed by atoms with Crippen LogP contribution in [0.4, 0.5) is 5.69 Å². The fourth-order valence-corrected chi connectivity index (χ4v) is 1.82. The maximum absolute atomic E-state index is 11.9. The van der Waals surface area contributed by atoms with Crippen molar-refractivity contribution in [3.8, 4) is 0 Å². The van der Waals surface area contributed by atoms with Gasteiger partial charge in [-0.15, -0.1) is 0 Å². The molecule has 1 aliphatic heterocycles. The number of piperazine rings is 1. The molecule has 2 rings (SSSR count). The smallest absolute Gasteiger partial charge is 0.249 e. The molecule has 0 aromatic heterocycles. The number of hydrogen-bond donors (Lipinski definition) is 1. The molecule has 1 aliphatic rings. The lowest BCUT2D eigenvalue weighted by molar-refractivity contribution is -0.130. The zero-order chi connectivity index (χ0) is 11.7. The predicted octanol–water partition coefficient (Wildman–Crippen LogP) is 0.846. The molecule has 0 spiro atoms. The molecule has 16 heavy (non-hydrogen) atoms. The van der Waals surface area contributed by atoms with E-state index in [0.717, 1.165) is 11.3 Å². The van der Waals surface area contributed by atoms with E-state index in [-0.39, 0.29) is 18.4 Å². The summed E-state index contributed by atoms with van der Waals surface area (Å²) >= 11 is 0. The maximum atomic E-state index is 11.9. The fourth-order valence-electron chi connectivity index (χ4n) is 1.82. The number of nitrogens with zero attached hydrogens (tertiary/aromatic N) is 1. The highest BCUT2D eigenvalue weighted by atomic mass is 16.2. The normalized spacial score (nSPS) is 20.9. The first kappa shape index (κ1) is 10.7. The summed E-state index contributed by atoms with van der Waals surface area (Å²) in [4.78, 5) is 24.8. The molecule has 84 valence electrons. The van der Waals surface area contributed by atoms with Crippen LogP contribution in [0.25, 0.3) is 0 Å². The monoisotopic (exact) mass is 218 g/mol. The van der Waals surface area contributed by atoms with Crippen molar-refractivity contribution in [3.05, 3.63) is 29.8 Å². The minimum absolute atomic E-state index is 0.0646. The van der Waals surface area contributed by atoms with Gasteiger partial charge in [-0.25, -0.2) is 0 Å². The summed E-state index contributed by atoms with van der Waals surface area (Å²) in [5, 5.41) is 2.61.